The first-order valence-corrected chi connectivity index (χ1v) is 6.76. The summed E-state index contributed by atoms with van der Waals surface area (Å²) in [7, 11) is 0. The smallest absolute Gasteiger partial charge is 0.387 e. The predicted molar refractivity (Wildman–Crippen MR) is 76.1 cm³/mol. The molecule has 0 spiro atoms. The maximum Gasteiger partial charge on any atom is 0.387 e. The first-order valence-electron chi connectivity index (χ1n) is 6.76. The molecule has 1 heterocycles. The van der Waals surface area contributed by atoms with Crippen molar-refractivity contribution in [2.24, 2.45) is 5.92 Å². The molecule has 1 aromatic carbocycles. The molecule has 0 bridgehead atoms. The minimum absolute atomic E-state index is 0.104. The van der Waals surface area contributed by atoms with Gasteiger partial charge in [-0.3, -0.25) is 0 Å². The zero-order valence-electron chi connectivity index (χ0n) is 12.0. The van der Waals surface area contributed by atoms with Gasteiger partial charge in [0.2, 0.25) is 0 Å². The van der Waals surface area contributed by atoms with Crippen LogP contribution in [-0.4, -0.2) is 11.8 Å². The van der Waals surface area contributed by atoms with Crippen LogP contribution in [0.3, 0.4) is 0 Å². The summed E-state index contributed by atoms with van der Waals surface area (Å²) >= 11 is 0. The van der Waals surface area contributed by atoms with E-state index in [0.29, 0.717) is 17.5 Å². The molecule has 6 heteroatoms. The summed E-state index contributed by atoms with van der Waals surface area (Å²) in [5, 5.41) is 3.79. The van der Waals surface area contributed by atoms with E-state index in [1.165, 1.54) is 12.1 Å². The maximum atomic E-state index is 12.1. The number of nitrogen functional groups attached to an aromatic ring is 1. The fourth-order valence-corrected chi connectivity index (χ4v) is 2.04. The lowest BCUT2D eigenvalue weighted by Crippen LogP contribution is -2.01. The standard InChI is InChI=1S/C15H18F2N2O2/c1-9(2)3-8-12-13(14(18)19-21-12)10-4-6-11(7-5-10)20-15(16)17/h4-7,9,15H,3,8H2,1-2H3,(H2,18,19). The van der Waals surface area contributed by atoms with E-state index >= 15 is 0 Å². The van der Waals surface area contributed by atoms with Crippen LogP contribution in [0.15, 0.2) is 28.8 Å². The van der Waals surface area contributed by atoms with Crippen LogP contribution in [0.2, 0.25) is 0 Å². The number of rotatable bonds is 6. The topological polar surface area (TPSA) is 61.3 Å². The monoisotopic (exact) mass is 296 g/mol. The minimum atomic E-state index is -2.84. The lowest BCUT2D eigenvalue weighted by Gasteiger charge is -2.07. The SMILES string of the molecule is CC(C)CCc1onc(N)c1-c1ccc(OC(F)F)cc1. The molecule has 2 N–H and O–H groups in total. The lowest BCUT2D eigenvalue weighted by atomic mass is 10.0. The number of benzene rings is 1. The molecule has 4 nitrogen and oxygen atoms in total. The highest BCUT2D eigenvalue weighted by molar-refractivity contribution is 5.75. The number of alkyl halides is 2. The Morgan fingerprint density at radius 1 is 1.24 bits per heavy atom. The Kier molecular flexibility index (Phi) is 4.77. The fourth-order valence-electron chi connectivity index (χ4n) is 2.04. The van der Waals surface area contributed by atoms with Crippen LogP contribution >= 0.6 is 0 Å². The molecule has 114 valence electrons. The third-order valence-electron chi connectivity index (χ3n) is 3.11. The Bertz CT molecular complexity index is 580. The number of hydrogen-bond donors (Lipinski definition) is 1. The highest BCUT2D eigenvalue weighted by Crippen LogP contribution is 2.32. The first-order chi connectivity index (χ1) is 9.97. The Hall–Kier alpha value is -2.11. The van der Waals surface area contributed by atoms with Gasteiger partial charge in [0.25, 0.3) is 0 Å². The van der Waals surface area contributed by atoms with Crippen LogP contribution in [0.5, 0.6) is 5.75 Å². The van der Waals surface area contributed by atoms with Gasteiger partial charge in [0, 0.05) is 6.42 Å². The van der Waals surface area contributed by atoms with Crippen molar-refractivity contribution in [1.29, 1.82) is 0 Å². The third kappa shape index (κ3) is 3.93. The summed E-state index contributed by atoms with van der Waals surface area (Å²) < 4.78 is 33.9. The predicted octanol–water partition coefficient (Wildman–Crippen LogP) is 4.11. The van der Waals surface area contributed by atoms with Crippen molar-refractivity contribution in [1.82, 2.24) is 5.16 Å². The van der Waals surface area contributed by atoms with Crippen molar-refractivity contribution >= 4 is 5.82 Å². The van der Waals surface area contributed by atoms with Crippen molar-refractivity contribution in [2.45, 2.75) is 33.3 Å². The normalized spacial score (nSPS) is 11.3. The first kappa shape index (κ1) is 15.3. The van der Waals surface area contributed by atoms with E-state index in [-0.39, 0.29) is 5.75 Å². The van der Waals surface area contributed by atoms with Gasteiger partial charge in [-0.15, -0.1) is 0 Å². The number of nitrogens with zero attached hydrogens (tertiary/aromatic N) is 1. The number of ether oxygens (including phenoxy) is 1. The maximum absolute atomic E-state index is 12.1. The highest BCUT2D eigenvalue weighted by Gasteiger charge is 2.16. The van der Waals surface area contributed by atoms with Crippen molar-refractivity contribution in [3.05, 3.63) is 30.0 Å². The molecule has 0 saturated carbocycles. The molecule has 0 saturated heterocycles. The molecule has 0 amide bonds. The summed E-state index contributed by atoms with van der Waals surface area (Å²) in [5.41, 5.74) is 7.34. The lowest BCUT2D eigenvalue weighted by molar-refractivity contribution is -0.0498. The van der Waals surface area contributed by atoms with Gasteiger partial charge < -0.3 is 15.0 Å². The highest BCUT2D eigenvalue weighted by atomic mass is 19.3. The second-order valence-electron chi connectivity index (χ2n) is 5.20. The summed E-state index contributed by atoms with van der Waals surface area (Å²) in [5.74, 6) is 1.65. The van der Waals surface area contributed by atoms with Crippen LogP contribution < -0.4 is 10.5 Å². The summed E-state index contributed by atoms with van der Waals surface area (Å²) in [6.45, 7) is 1.41. The Morgan fingerprint density at radius 3 is 2.48 bits per heavy atom. The number of halogens is 2. The van der Waals surface area contributed by atoms with Crippen molar-refractivity contribution < 1.29 is 18.0 Å². The number of nitrogens with two attached hydrogens (primary N) is 1. The third-order valence-corrected chi connectivity index (χ3v) is 3.11. The van der Waals surface area contributed by atoms with Crippen molar-refractivity contribution in [3.8, 4) is 16.9 Å². The summed E-state index contributed by atoms with van der Waals surface area (Å²) in [6, 6.07) is 6.28. The van der Waals surface area contributed by atoms with E-state index in [1.54, 1.807) is 12.1 Å². The van der Waals surface area contributed by atoms with Crippen LogP contribution in [0, 0.1) is 5.92 Å². The molecule has 0 aliphatic rings. The van der Waals surface area contributed by atoms with Gasteiger partial charge in [0.1, 0.15) is 11.5 Å². The van der Waals surface area contributed by atoms with Crippen LogP contribution in [0.4, 0.5) is 14.6 Å². The van der Waals surface area contributed by atoms with Crippen LogP contribution in [-0.2, 0) is 6.42 Å². The molecule has 2 aromatic rings. The largest absolute Gasteiger partial charge is 0.435 e. The van der Waals surface area contributed by atoms with Crippen molar-refractivity contribution in [3.63, 3.8) is 0 Å². The molecule has 2 rings (SSSR count). The van der Waals surface area contributed by atoms with Gasteiger partial charge >= 0.3 is 6.61 Å². The summed E-state index contributed by atoms with van der Waals surface area (Å²) in [4.78, 5) is 0. The van der Waals surface area contributed by atoms with E-state index in [0.717, 1.165) is 24.0 Å². The average Bonchev–Trinajstić information content (AvgIpc) is 2.78. The van der Waals surface area contributed by atoms with E-state index in [4.69, 9.17) is 10.3 Å². The van der Waals surface area contributed by atoms with Gasteiger partial charge in [-0.05, 0) is 30.0 Å². The molecule has 1 aromatic heterocycles. The van der Waals surface area contributed by atoms with Gasteiger partial charge in [0.15, 0.2) is 5.82 Å². The van der Waals surface area contributed by atoms with Gasteiger partial charge in [0.05, 0.1) is 5.56 Å². The minimum Gasteiger partial charge on any atom is -0.435 e. The Balaban J connectivity index is 2.22. The average molecular weight is 296 g/mol. The van der Waals surface area contributed by atoms with Gasteiger partial charge in [-0.1, -0.05) is 31.1 Å². The molecule has 0 radical (unpaired) electrons. The zero-order chi connectivity index (χ0) is 15.4. The molecule has 0 unspecified atom stereocenters. The molecule has 0 aliphatic heterocycles. The van der Waals surface area contributed by atoms with E-state index < -0.39 is 6.61 Å². The second-order valence-corrected chi connectivity index (χ2v) is 5.20. The molecule has 0 aliphatic carbocycles. The quantitative estimate of drug-likeness (QED) is 0.871. The Morgan fingerprint density at radius 2 is 1.90 bits per heavy atom. The van der Waals surface area contributed by atoms with Crippen molar-refractivity contribution in [2.75, 3.05) is 5.73 Å². The number of anilines is 1. The van der Waals surface area contributed by atoms with E-state index in [1.807, 2.05) is 0 Å². The molecule has 0 atom stereocenters. The van der Waals surface area contributed by atoms with Gasteiger partial charge in [-0.25, -0.2) is 0 Å². The van der Waals surface area contributed by atoms with Gasteiger partial charge in [-0.2, -0.15) is 8.78 Å². The van der Waals surface area contributed by atoms with E-state index in [9.17, 15) is 8.78 Å². The zero-order valence-corrected chi connectivity index (χ0v) is 12.0. The molecule has 21 heavy (non-hydrogen) atoms. The molecule has 0 fully saturated rings. The number of aromatic nitrogens is 1. The van der Waals surface area contributed by atoms with E-state index in [2.05, 4.69) is 23.7 Å². The second kappa shape index (κ2) is 6.56. The Labute approximate surface area is 121 Å². The molecular weight excluding hydrogens is 278 g/mol. The number of hydrogen-bond acceptors (Lipinski definition) is 4. The number of aryl methyl sites for hydroxylation is 1. The van der Waals surface area contributed by atoms with Crippen LogP contribution in [0.25, 0.3) is 11.1 Å². The van der Waals surface area contributed by atoms with Crippen LogP contribution in [0.1, 0.15) is 26.0 Å². The summed E-state index contributed by atoms with van der Waals surface area (Å²) in [6.07, 6.45) is 1.68. The molecular formula is C15H18F2N2O2. The fraction of sp³-hybridized carbons (Fsp3) is 0.400.